The summed E-state index contributed by atoms with van der Waals surface area (Å²) in [5, 5.41) is 6.88. The van der Waals surface area contributed by atoms with Gasteiger partial charge in [0.2, 0.25) is 5.91 Å². The minimum Gasteiger partial charge on any atom is -0.444 e. The molecule has 1 heterocycles. The molecule has 2 N–H and O–H groups in total. The van der Waals surface area contributed by atoms with Gasteiger partial charge >= 0.3 is 6.09 Å². The van der Waals surface area contributed by atoms with Gasteiger partial charge in [-0.05, 0) is 132 Å². The number of carbonyl (C=O) groups is 2. The molecule has 7 atom stereocenters. The Morgan fingerprint density at radius 1 is 0.889 bits per heavy atom. The fourth-order valence-corrected chi connectivity index (χ4v) is 10.4. The molecule has 3 aliphatic rings. The van der Waals surface area contributed by atoms with Crippen molar-refractivity contribution in [1.29, 1.82) is 0 Å². The Hall–Kier alpha value is -0.906. The van der Waals surface area contributed by atoms with Crippen molar-refractivity contribution in [1.82, 2.24) is 10.6 Å². The van der Waals surface area contributed by atoms with E-state index in [2.05, 4.69) is 92.2 Å². The van der Waals surface area contributed by atoms with Crippen LogP contribution in [0.2, 0.25) is 36.3 Å². The van der Waals surface area contributed by atoms with E-state index in [0.717, 1.165) is 45.1 Å². The van der Waals surface area contributed by atoms with Gasteiger partial charge in [-0.15, -0.1) is 0 Å². The van der Waals surface area contributed by atoms with E-state index in [1.165, 1.54) is 0 Å². The summed E-state index contributed by atoms with van der Waals surface area (Å²) >= 11 is 0. The van der Waals surface area contributed by atoms with Gasteiger partial charge in [0.05, 0.1) is 0 Å². The van der Waals surface area contributed by atoms with Gasteiger partial charge < -0.3 is 24.2 Å². The van der Waals surface area contributed by atoms with E-state index in [0.29, 0.717) is 30.7 Å². The zero-order chi connectivity index (χ0) is 34.4. The Morgan fingerprint density at radius 3 is 2.04 bits per heavy atom. The monoisotopic (exact) mass is 666 g/mol. The lowest BCUT2D eigenvalue weighted by molar-refractivity contribution is -0.134. The Balaban J connectivity index is 1.97. The highest BCUT2D eigenvalue weighted by atomic mass is 28.4. The minimum atomic E-state index is -1.97. The lowest BCUT2D eigenvalue weighted by atomic mass is 9.49. The van der Waals surface area contributed by atoms with Crippen LogP contribution in [0.15, 0.2) is 0 Å². The van der Waals surface area contributed by atoms with Gasteiger partial charge in [-0.25, -0.2) is 4.79 Å². The van der Waals surface area contributed by atoms with E-state index in [4.69, 9.17) is 13.6 Å². The number of fused-ring (bicyclic) bond motifs is 1. The summed E-state index contributed by atoms with van der Waals surface area (Å²) in [6.45, 7) is 35.2. The number of rotatable bonds is 8. The van der Waals surface area contributed by atoms with E-state index in [1.807, 2.05) is 20.8 Å². The molecular weight excluding hydrogens is 597 g/mol. The zero-order valence-corrected chi connectivity index (χ0v) is 33.8. The molecule has 9 heteroatoms. The summed E-state index contributed by atoms with van der Waals surface area (Å²) in [6.07, 6.45) is 6.43. The number of carbonyl (C=O) groups excluding carboxylic acids is 2. The highest BCUT2D eigenvalue weighted by molar-refractivity contribution is 6.74. The van der Waals surface area contributed by atoms with Crippen LogP contribution in [0.25, 0.3) is 0 Å². The molecule has 0 spiro atoms. The number of amides is 2. The number of piperidine rings is 1. The normalized spacial score (nSPS) is 33.7. The van der Waals surface area contributed by atoms with Gasteiger partial charge in [-0.2, -0.15) is 0 Å². The van der Waals surface area contributed by atoms with Crippen molar-refractivity contribution in [2.75, 3.05) is 13.2 Å². The molecule has 7 nitrogen and oxygen atoms in total. The van der Waals surface area contributed by atoms with E-state index in [-0.39, 0.29) is 45.1 Å². The lowest BCUT2D eigenvalue weighted by Gasteiger charge is -2.59. The van der Waals surface area contributed by atoms with E-state index in [9.17, 15) is 9.59 Å². The molecule has 0 bridgehead atoms. The maximum atomic E-state index is 13.0. The third kappa shape index (κ3) is 8.97. The second kappa shape index (κ2) is 13.2. The van der Waals surface area contributed by atoms with E-state index in [1.54, 1.807) is 0 Å². The van der Waals surface area contributed by atoms with E-state index < -0.39 is 22.2 Å². The molecule has 0 aromatic rings. The molecule has 2 amide bonds. The largest absolute Gasteiger partial charge is 0.444 e. The molecule has 2 aliphatic carbocycles. The zero-order valence-electron chi connectivity index (χ0n) is 31.8. The van der Waals surface area contributed by atoms with Gasteiger partial charge in [-0.3, -0.25) is 4.79 Å². The van der Waals surface area contributed by atoms with Gasteiger partial charge in [-0.1, -0.05) is 48.5 Å². The van der Waals surface area contributed by atoms with Crippen molar-refractivity contribution >= 4 is 28.6 Å². The second-order valence-corrected chi connectivity index (χ2v) is 28.9. The fourth-order valence-electron chi connectivity index (χ4n) is 7.93. The third-order valence-electron chi connectivity index (χ3n) is 12.9. The van der Waals surface area contributed by atoms with Crippen LogP contribution in [0.1, 0.15) is 121 Å². The van der Waals surface area contributed by atoms with Crippen LogP contribution in [-0.4, -0.2) is 59.0 Å². The van der Waals surface area contributed by atoms with Crippen molar-refractivity contribution in [2.45, 2.75) is 175 Å². The topological polar surface area (TPSA) is 85.9 Å². The smallest absolute Gasteiger partial charge is 0.407 e. The van der Waals surface area contributed by atoms with Crippen molar-refractivity contribution < 1.29 is 23.2 Å². The standard InChI is InChI=1S/C36H70N2O5Si2/c1-32(2,3)42-31(40)37-23-27-28(19-21-36(11)29(27)16-17-30(39)38-36)35(10)20-18-26(43-45(14,15)34(7,8)9)22-25(35)24-41-44(12,13)33(4,5)6/h25-29H,16-24H2,1-15H3,(H,37,40)(H,38,39)/t25-,26+,27-,28+,29+,35+,36+/m1/s1. The van der Waals surface area contributed by atoms with Crippen molar-refractivity contribution in [3.8, 4) is 0 Å². The number of hydrogen-bond acceptors (Lipinski definition) is 5. The molecular formula is C36H70N2O5Si2. The van der Waals surface area contributed by atoms with Gasteiger partial charge in [0.1, 0.15) is 5.60 Å². The van der Waals surface area contributed by atoms with Gasteiger partial charge in [0.25, 0.3) is 0 Å². The lowest BCUT2D eigenvalue weighted by Crippen LogP contribution is -2.64. The molecule has 1 saturated heterocycles. The number of nitrogens with one attached hydrogen (secondary N) is 2. The minimum absolute atomic E-state index is 0.0265. The number of hydrogen-bond donors (Lipinski definition) is 2. The van der Waals surface area contributed by atoms with Crippen LogP contribution in [0.4, 0.5) is 4.79 Å². The number of alkyl carbamates (subject to hydrolysis) is 1. The molecule has 3 rings (SSSR count). The summed E-state index contributed by atoms with van der Waals surface area (Å²) in [5.74, 6) is 1.43. The van der Waals surface area contributed by atoms with Crippen LogP contribution in [0.5, 0.6) is 0 Å². The van der Waals surface area contributed by atoms with Crippen LogP contribution in [0.3, 0.4) is 0 Å². The first-order valence-electron chi connectivity index (χ1n) is 17.8. The predicted molar refractivity (Wildman–Crippen MR) is 190 cm³/mol. The van der Waals surface area contributed by atoms with Crippen molar-refractivity contribution in [2.24, 2.45) is 29.1 Å². The first-order chi connectivity index (χ1) is 20.2. The molecule has 0 aromatic carbocycles. The average Bonchev–Trinajstić information content (AvgIpc) is 2.84. The molecule has 2 saturated carbocycles. The fraction of sp³-hybridized carbons (Fsp3) is 0.944. The quantitative estimate of drug-likeness (QED) is 0.253. The number of ether oxygens (including phenoxy) is 1. The highest BCUT2D eigenvalue weighted by Crippen LogP contribution is 2.58. The maximum Gasteiger partial charge on any atom is 0.407 e. The van der Waals surface area contributed by atoms with Crippen LogP contribution in [-0.2, 0) is 18.4 Å². The molecule has 0 unspecified atom stereocenters. The van der Waals surface area contributed by atoms with Crippen LogP contribution in [0, 0.1) is 29.1 Å². The molecule has 45 heavy (non-hydrogen) atoms. The Kier molecular flexibility index (Phi) is 11.3. The molecule has 0 aromatic heterocycles. The van der Waals surface area contributed by atoms with Gasteiger partial charge in [0.15, 0.2) is 16.6 Å². The first-order valence-corrected chi connectivity index (χ1v) is 23.6. The summed E-state index contributed by atoms with van der Waals surface area (Å²) in [7, 11) is -3.90. The molecule has 262 valence electrons. The molecule has 3 fully saturated rings. The van der Waals surface area contributed by atoms with Gasteiger partial charge in [0, 0.05) is 31.2 Å². The van der Waals surface area contributed by atoms with Crippen molar-refractivity contribution in [3.05, 3.63) is 0 Å². The summed E-state index contributed by atoms with van der Waals surface area (Å²) in [5.41, 5.74) is -0.777. The van der Waals surface area contributed by atoms with Crippen LogP contribution >= 0.6 is 0 Å². The third-order valence-corrected chi connectivity index (χ3v) is 21.9. The summed E-state index contributed by atoms with van der Waals surface area (Å²) in [4.78, 5) is 25.6. The highest BCUT2D eigenvalue weighted by Gasteiger charge is 2.57. The summed E-state index contributed by atoms with van der Waals surface area (Å²) < 4.78 is 19.8. The Labute approximate surface area is 278 Å². The van der Waals surface area contributed by atoms with E-state index >= 15 is 0 Å². The summed E-state index contributed by atoms with van der Waals surface area (Å²) in [6, 6.07) is 0. The maximum absolute atomic E-state index is 13.0. The van der Waals surface area contributed by atoms with Crippen molar-refractivity contribution in [3.63, 3.8) is 0 Å². The average molecular weight is 667 g/mol. The molecule has 0 radical (unpaired) electrons. The first kappa shape index (κ1) is 38.5. The molecule has 1 aliphatic heterocycles. The SMILES string of the molecule is CC(C)(C)OC(=O)NC[C@@H]1[C@@H]([C@@]2(C)CC[C@H](O[Si](C)(C)C(C)(C)C)C[C@@H]2CO[Si](C)(C)C(C)(C)C)CC[C@]2(C)NC(=O)CC[C@@H]12. The Bertz CT molecular complexity index is 1060. The predicted octanol–water partition coefficient (Wildman–Crippen LogP) is 9.04. The van der Waals surface area contributed by atoms with Crippen LogP contribution < -0.4 is 10.6 Å². The Morgan fingerprint density at radius 2 is 1.49 bits per heavy atom. The second-order valence-electron chi connectivity index (χ2n) is 19.4.